The van der Waals surface area contributed by atoms with E-state index in [2.05, 4.69) is 15.1 Å². The highest BCUT2D eigenvalue weighted by molar-refractivity contribution is 5.56. The van der Waals surface area contributed by atoms with E-state index >= 15 is 0 Å². The normalized spacial score (nSPS) is 11.0. The lowest BCUT2D eigenvalue weighted by Gasteiger charge is -1.99. The highest BCUT2D eigenvalue weighted by Crippen LogP contribution is 2.22. The Hall–Kier alpha value is -2.50. The van der Waals surface area contributed by atoms with Crippen LogP contribution in [0, 0.1) is 19.7 Å². The number of aryl methyl sites for hydroxylation is 4. The van der Waals surface area contributed by atoms with Gasteiger partial charge in [-0.1, -0.05) is 17.3 Å². The molecule has 6 heteroatoms. The van der Waals surface area contributed by atoms with Crippen LogP contribution in [0.25, 0.3) is 11.4 Å². The molecule has 3 rings (SSSR count). The van der Waals surface area contributed by atoms with Crippen LogP contribution in [0.2, 0.25) is 0 Å². The van der Waals surface area contributed by atoms with Crippen LogP contribution in [0.15, 0.2) is 33.3 Å². The third kappa shape index (κ3) is 3.05. The number of benzene rings is 1. The van der Waals surface area contributed by atoms with E-state index in [1.54, 1.807) is 31.3 Å². The van der Waals surface area contributed by atoms with Crippen molar-refractivity contribution in [2.45, 2.75) is 33.1 Å². The Bertz CT molecular complexity index is 779. The van der Waals surface area contributed by atoms with E-state index < -0.39 is 0 Å². The number of oxazole rings is 1. The largest absolute Gasteiger partial charge is 0.446 e. The summed E-state index contributed by atoms with van der Waals surface area (Å²) in [4.78, 5) is 8.39. The van der Waals surface area contributed by atoms with Crippen LogP contribution in [0.5, 0.6) is 0 Å². The fourth-order valence-electron chi connectivity index (χ4n) is 2.19. The minimum Gasteiger partial charge on any atom is -0.446 e. The van der Waals surface area contributed by atoms with E-state index in [-0.39, 0.29) is 11.6 Å². The zero-order chi connectivity index (χ0) is 15.5. The molecule has 5 nitrogen and oxygen atoms in total. The van der Waals surface area contributed by atoms with Gasteiger partial charge in [-0.05, 0) is 31.9 Å². The van der Waals surface area contributed by atoms with Gasteiger partial charge in [-0.3, -0.25) is 0 Å². The second-order valence-corrected chi connectivity index (χ2v) is 5.17. The molecule has 0 aliphatic heterocycles. The second kappa shape index (κ2) is 6.09. The minimum absolute atomic E-state index is 0.281. The Balaban J connectivity index is 1.65. The predicted molar refractivity (Wildman–Crippen MR) is 77.7 cm³/mol. The summed E-state index contributed by atoms with van der Waals surface area (Å²) in [7, 11) is 0. The van der Waals surface area contributed by atoms with Crippen molar-refractivity contribution in [1.29, 1.82) is 0 Å². The van der Waals surface area contributed by atoms with Gasteiger partial charge in [0, 0.05) is 12.8 Å². The van der Waals surface area contributed by atoms with Gasteiger partial charge in [0.05, 0.1) is 11.8 Å². The lowest BCUT2D eigenvalue weighted by Crippen LogP contribution is -1.92. The number of hydrogen-bond acceptors (Lipinski definition) is 5. The topological polar surface area (TPSA) is 65.0 Å². The highest BCUT2D eigenvalue weighted by atomic mass is 19.1. The Morgan fingerprint density at radius 3 is 2.73 bits per heavy atom. The summed E-state index contributed by atoms with van der Waals surface area (Å²) < 4.78 is 24.6. The SMILES string of the molecule is Cc1cnc(CCCc2nc(-c3cccc(C)c3F)no2)o1. The number of halogens is 1. The highest BCUT2D eigenvalue weighted by Gasteiger charge is 2.14. The molecular weight excluding hydrogens is 285 g/mol. The molecule has 0 saturated heterocycles. The molecule has 0 N–H and O–H groups in total. The molecule has 0 radical (unpaired) electrons. The fourth-order valence-corrected chi connectivity index (χ4v) is 2.19. The standard InChI is InChI=1S/C16H16FN3O2/c1-10-5-3-6-12(15(10)17)16-19-14(22-20-16)8-4-7-13-18-9-11(2)21-13/h3,5-6,9H,4,7-8H2,1-2H3. The molecule has 0 saturated carbocycles. The quantitative estimate of drug-likeness (QED) is 0.719. The first-order chi connectivity index (χ1) is 10.6. The van der Waals surface area contributed by atoms with Gasteiger partial charge in [0.25, 0.3) is 0 Å². The maximum atomic E-state index is 14.0. The molecule has 0 spiro atoms. The molecule has 2 heterocycles. The summed E-state index contributed by atoms with van der Waals surface area (Å²) in [6.07, 6.45) is 3.77. The molecule has 22 heavy (non-hydrogen) atoms. The number of nitrogens with zero attached hydrogens (tertiary/aromatic N) is 3. The summed E-state index contributed by atoms with van der Waals surface area (Å²) in [5, 5.41) is 3.85. The number of rotatable bonds is 5. The van der Waals surface area contributed by atoms with Crippen molar-refractivity contribution in [2.24, 2.45) is 0 Å². The maximum absolute atomic E-state index is 14.0. The third-order valence-electron chi connectivity index (χ3n) is 3.35. The Morgan fingerprint density at radius 2 is 1.95 bits per heavy atom. The Kier molecular flexibility index (Phi) is 4.00. The smallest absolute Gasteiger partial charge is 0.226 e. The molecule has 0 aliphatic rings. The van der Waals surface area contributed by atoms with E-state index in [0.717, 1.165) is 12.2 Å². The molecule has 0 bridgehead atoms. The van der Waals surface area contributed by atoms with Crippen molar-refractivity contribution in [2.75, 3.05) is 0 Å². The van der Waals surface area contributed by atoms with Crippen LogP contribution in [0.3, 0.4) is 0 Å². The van der Waals surface area contributed by atoms with Crippen LogP contribution in [0.1, 0.15) is 29.5 Å². The van der Waals surface area contributed by atoms with E-state index in [0.29, 0.717) is 35.7 Å². The molecule has 114 valence electrons. The molecule has 0 amide bonds. The van der Waals surface area contributed by atoms with Crippen molar-refractivity contribution in [3.05, 3.63) is 53.3 Å². The predicted octanol–water partition coefficient (Wildman–Crippen LogP) is 3.66. The van der Waals surface area contributed by atoms with Gasteiger partial charge in [-0.2, -0.15) is 4.98 Å². The molecule has 1 aromatic carbocycles. The summed E-state index contributed by atoms with van der Waals surface area (Å²) in [6, 6.07) is 5.12. The molecule has 0 aliphatic carbocycles. The molecule has 0 atom stereocenters. The zero-order valence-electron chi connectivity index (χ0n) is 12.5. The first-order valence-electron chi connectivity index (χ1n) is 7.13. The third-order valence-corrected chi connectivity index (χ3v) is 3.35. The van der Waals surface area contributed by atoms with Gasteiger partial charge in [-0.15, -0.1) is 0 Å². The van der Waals surface area contributed by atoms with Gasteiger partial charge in [0.2, 0.25) is 11.7 Å². The molecule has 3 aromatic rings. The summed E-state index contributed by atoms with van der Waals surface area (Å²) in [6.45, 7) is 3.56. The van der Waals surface area contributed by atoms with E-state index in [1.807, 2.05) is 6.92 Å². The number of aromatic nitrogens is 3. The van der Waals surface area contributed by atoms with E-state index in [4.69, 9.17) is 8.94 Å². The van der Waals surface area contributed by atoms with Crippen molar-refractivity contribution in [1.82, 2.24) is 15.1 Å². The van der Waals surface area contributed by atoms with Crippen molar-refractivity contribution >= 4 is 0 Å². The Morgan fingerprint density at radius 1 is 1.14 bits per heavy atom. The summed E-state index contributed by atoms with van der Waals surface area (Å²) >= 11 is 0. The van der Waals surface area contributed by atoms with Crippen LogP contribution in [-0.2, 0) is 12.8 Å². The van der Waals surface area contributed by atoms with Crippen LogP contribution in [0.4, 0.5) is 4.39 Å². The van der Waals surface area contributed by atoms with Crippen LogP contribution in [-0.4, -0.2) is 15.1 Å². The van der Waals surface area contributed by atoms with Gasteiger partial charge >= 0.3 is 0 Å². The fraction of sp³-hybridized carbons (Fsp3) is 0.312. The lowest BCUT2D eigenvalue weighted by molar-refractivity contribution is 0.372. The molecule has 2 aromatic heterocycles. The zero-order valence-corrected chi connectivity index (χ0v) is 12.5. The maximum Gasteiger partial charge on any atom is 0.226 e. The second-order valence-electron chi connectivity index (χ2n) is 5.17. The minimum atomic E-state index is -0.315. The van der Waals surface area contributed by atoms with Gasteiger partial charge < -0.3 is 8.94 Å². The first-order valence-corrected chi connectivity index (χ1v) is 7.13. The molecule has 0 unspecified atom stereocenters. The Labute approximate surface area is 127 Å². The van der Waals surface area contributed by atoms with E-state index in [1.165, 1.54) is 0 Å². The average molecular weight is 301 g/mol. The van der Waals surface area contributed by atoms with Crippen LogP contribution >= 0.6 is 0 Å². The van der Waals surface area contributed by atoms with E-state index in [9.17, 15) is 4.39 Å². The van der Waals surface area contributed by atoms with Gasteiger partial charge in [-0.25, -0.2) is 9.37 Å². The van der Waals surface area contributed by atoms with Crippen LogP contribution < -0.4 is 0 Å². The molecule has 0 fully saturated rings. The first kappa shape index (κ1) is 14.4. The number of hydrogen-bond donors (Lipinski definition) is 0. The summed E-state index contributed by atoms with van der Waals surface area (Å²) in [5.41, 5.74) is 0.918. The molecular formula is C16H16FN3O2. The monoisotopic (exact) mass is 301 g/mol. The van der Waals surface area contributed by atoms with Crippen molar-refractivity contribution in [3.63, 3.8) is 0 Å². The van der Waals surface area contributed by atoms with Crippen molar-refractivity contribution < 1.29 is 13.3 Å². The van der Waals surface area contributed by atoms with Crippen molar-refractivity contribution in [3.8, 4) is 11.4 Å². The average Bonchev–Trinajstić information content (AvgIpc) is 3.12. The van der Waals surface area contributed by atoms with Gasteiger partial charge in [0.1, 0.15) is 11.6 Å². The van der Waals surface area contributed by atoms with Gasteiger partial charge in [0.15, 0.2) is 5.89 Å². The lowest BCUT2D eigenvalue weighted by atomic mass is 10.1. The summed E-state index contributed by atoms with van der Waals surface area (Å²) in [5.74, 6) is 1.94.